The normalized spacial score (nSPS) is 21.4. The first-order valence-corrected chi connectivity index (χ1v) is 12.4. The molecule has 0 atom stereocenters. The molecule has 32 heavy (non-hydrogen) atoms. The molecule has 5 heterocycles. The molecule has 1 saturated carbocycles. The topological polar surface area (TPSA) is 67.6 Å². The van der Waals surface area contributed by atoms with E-state index in [1.807, 2.05) is 4.52 Å². The highest BCUT2D eigenvalue weighted by Crippen LogP contribution is 2.42. The van der Waals surface area contributed by atoms with Gasteiger partial charge in [0.2, 0.25) is 5.82 Å². The Labute approximate surface area is 192 Å². The van der Waals surface area contributed by atoms with Crippen molar-refractivity contribution in [1.82, 2.24) is 23.7 Å². The van der Waals surface area contributed by atoms with Crippen molar-refractivity contribution in [2.75, 3.05) is 31.2 Å². The van der Waals surface area contributed by atoms with Crippen LogP contribution in [0.4, 0.5) is 14.6 Å². The van der Waals surface area contributed by atoms with Crippen molar-refractivity contribution in [3.63, 3.8) is 0 Å². The van der Waals surface area contributed by atoms with Gasteiger partial charge in [0.15, 0.2) is 0 Å². The molecule has 6 rings (SSSR count). The van der Waals surface area contributed by atoms with Crippen LogP contribution in [-0.4, -0.2) is 50.8 Å². The number of rotatable bonds is 6. The molecule has 3 aliphatic rings. The van der Waals surface area contributed by atoms with Crippen molar-refractivity contribution in [2.45, 2.75) is 49.5 Å². The first-order chi connectivity index (χ1) is 15.4. The van der Waals surface area contributed by atoms with E-state index in [9.17, 15) is 8.78 Å². The summed E-state index contributed by atoms with van der Waals surface area (Å²) in [5, 5.41) is 5.10. The van der Waals surface area contributed by atoms with E-state index in [1.165, 1.54) is 12.8 Å². The summed E-state index contributed by atoms with van der Waals surface area (Å²) in [6, 6.07) is 4.23. The number of alkyl halides is 2. The van der Waals surface area contributed by atoms with Crippen LogP contribution in [0.5, 0.6) is 0 Å². The average Bonchev–Trinajstić information content (AvgIpc) is 3.16. The zero-order valence-corrected chi connectivity index (χ0v) is 19.3. The van der Waals surface area contributed by atoms with Crippen LogP contribution in [0.25, 0.3) is 16.1 Å². The number of aromatic nitrogens is 4. The highest BCUT2D eigenvalue weighted by Gasteiger charge is 2.41. The van der Waals surface area contributed by atoms with Gasteiger partial charge in [0, 0.05) is 28.9 Å². The lowest BCUT2D eigenvalue weighted by atomic mass is 9.77. The number of piperidine rings is 1. The standard InChI is InChI=1S/C21H24F2N6OS2/c1-20(2-3-20)27-31-13-8-15-14(19-25-18(17(22)23)26-32-19)10-24-29(15)16(9-13)28-6-4-21(5-7-28)11-30-12-21/h8-10,17,27H,2-7,11-12H2,1H3. The van der Waals surface area contributed by atoms with Crippen LogP contribution >= 0.6 is 23.5 Å². The molecule has 11 heteroatoms. The van der Waals surface area contributed by atoms with Crippen molar-refractivity contribution < 1.29 is 13.5 Å². The molecule has 0 aromatic carbocycles. The number of nitrogens with zero attached hydrogens (tertiary/aromatic N) is 5. The molecule has 1 N–H and O–H groups in total. The van der Waals surface area contributed by atoms with E-state index >= 15 is 0 Å². The van der Waals surface area contributed by atoms with Crippen LogP contribution < -0.4 is 9.62 Å². The molecule has 0 radical (unpaired) electrons. The molecular weight excluding hydrogens is 454 g/mol. The fraction of sp³-hybridized carbons (Fsp3) is 0.571. The van der Waals surface area contributed by atoms with Gasteiger partial charge in [-0.25, -0.2) is 18.3 Å². The summed E-state index contributed by atoms with van der Waals surface area (Å²) in [6.07, 6.45) is 3.58. The quantitative estimate of drug-likeness (QED) is 0.521. The second-order valence-electron chi connectivity index (χ2n) is 9.41. The average molecular weight is 479 g/mol. The largest absolute Gasteiger partial charge is 0.380 e. The maximum atomic E-state index is 13.1. The SMILES string of the molecule is CC1(NSc2cc(N3CCC4(CC3)COC4)n3ncc(-c4nc(C(F)F)ns4)c3c2)CC1. The summed E-state index contributed by atoms with van der Waals surface area (Å²) in [6.45, 7) is 5.85. The van der Waals surface area contributed by atoms with Crippen molar-refractivity contribution in [3.05, 3.63) is 24.2 Å². The second kappa shape index (κ2) is 7.61. The van der Waals surface area contributed by atoms with Gasteiger partial charge < -0.3 is 9.64 Å². The number of hydrogen-bond donors (Lipinski definition) is 1. The predicted octanol–water partition coefficient (Wildman–Crippen LogP) is 4.56. The van der Waals surface area contributed by atoms with Gasteiger partial charge in [-0.3, -0.25) is 4.72 Å². The van der Waals surface area contributed by atoms with Crippen molar-refractivity contribution in [1.29, 1.82) is 0 Å². The minimum Gasteiger partial charge on any atom is -0.380 e. The number of hydrogen-bond acceptors (Lipinski definition) is 8. The van der Waals surface area contributed by atoms with Gasteiger partial charge in [-0.2, -0.15) is 9.47 Å². The Morgan fingerprint density at radius 2 is 1.97 bits per heavy atom. The molecular formula is C21H24F2N6OS2. The fourth-order valence-corrected chi connectivity index (χ4v) is 5.88. The third kappa shape index (κ3) is 3.68. The summed E-state index contributed by atoms with van der Waals surface area (Å²) < 4.78 is 40.9. The van der Waals surface area contributed by atoms with Gasteiger partial charge in [-0.1, -0.05) is 0 Å². The van der Waals surface area contributed by atoms with Crippen LogP contribution in [0.3, 0.4) is 0 Å². The van der Waals surface area contributed by atoms with E-state index < -0.39 is 12.2 Å². The molecule has 0 unspecified atom stereocenters. The third-order valence-electron chi connectivity index (χ3n) is 6.82. The van der Waals surface area contributed by atoms with Crippen LogP contribution in [0.2, 0.25) is 0 Å². The minimum absolute atomic E-state index is 0.188. The predicted molar refractivity (Wildman–Crippen MR) is 120 cm³/mol. The van der Waals surface area contributed by atoms with E-state index in [0.717, 1.165) is 72.5 Å². The number of anilines is 1. The Balaban J connectivity index is 1.37. The Kier molecular flexibility index (Phi) is 4.94. The van der Waals surface area contributed by atoms with Crippen LogP contribution in [0, 0.1) is 5.41 Å². The third-order valence-corrected chi connectivity index (χ3v) is 8.65. The second-order valence-corrected chi connectivity index (χ2v) is 11.0. The van der Waals surface area contributed by atoms with Crippen molar-refractivity contribution in [3.8, 4) is 10.6 Å². The van der Waals surface area contributed by atoms with Crippen molar-refractivity contribution in [2.24, 2.45) is 5.41 Å². The zero-order chi connectivity index (χ0) is 21.9. The van der Waals surface area contributed by atoms with Gasteiger partial charge in [-0.15, -0.1) is 0 Å². The number of nitrogens with one attached hydrogen (secondary N) is 1. The van der Waals surface area contributed by atoms with Crippen LogP contribution in [0.15, 0.2) is 23.2 Å². The van der Waals surface area contributed by atoms with Gasteiger partial charge in [-0.05, 0) is 68.2 Å². The van der Waals surface area contributed by atoms with Gasteiger partial charge in [0.25, 0.3) is 6.43 Å². The first kappa shape index (κ1) is 20.8. The van der Waals surface area contributed by atoms with Gasteiger partial charge in [0.1, 0.15) is 10.8 Å². The molecule has 0 amide bonds. The molecule has 3 fully saturated rings. The lowest BCUT2D eigenvalue weighted by Crippen LogP contribution is -2.51. The molecule has 2 aliphatic heterocycles. The summed E-state index contributed by atoms with van der Waals surface area (Å²) in [5.74, 6) is 0.593. The van der Waals surface area contributed by atoms with E-state index in [-0.39, 0.29) is 5.54 Å². The van der Waals surface area contributed by atoms with E-state index in [0.29, 0.717) is 10.4 Å². The van der Waals surface area contributed by atoms with E-state index in [4.69, 9.17) is 4.74 Å². The monoisotopic (exact) mass is 478 g/mol. The van der Waals surface area contributed by atoms with Crippen LogP contribution in [-0.2, 0) is 4.74 Å². The maximum absolute atomic E-state index is 13.1. The summed E-state index contributed by atoms with van der Waals surface area (Å²) in [4.78, 5) is 7.51. The minimum atomic E-state index is -2.68. The molecule has 1 spiro atoms. The zero-order valence-electron chi connectivity index (χ0n) is 17.7. The summed E-state index contributed by atoms with van der Waals surface area (Å²) >= 11 is 2.62. The lowest BCUT2D eigenvalue weighted by Gasteiger charge is -2.47. The number of halogens is 2. The molecule has 3 aromatic rings. The van der Waals surface area contributed by atoms with Gasteiger partial charge in [0.05, 0.1) is 30.5 Å². The maximum Gasteiger partial charge on any atom is 0.298 e. The lowest BCUT2D eigenvalue weighted by molar-refractivity contribution is -0.124. The highest BCUT2D eigenvalue weighted by molar-refractivity contribution is 7.97. The Morgan fingerprint density at radius 3 is 2.59 bits per heavy atom. The smallest absolute Gasteiger partial charge is 0.298 e. The Bertz CT molecular complexity index is 1150. The molecule has 7 nitrogen and oxygen atoms in total. The number of pyridine rings is 1. The molecule has 3 aromatic heterocycles. The molecule has 0 bridgehead atoms. The molecule has 170 valence electrons. The van der Waals surface area contributed by atoms with E-state index in [1.54, 1.807) is 18.1 Å². The van der Waals surface area contributed by atoms with Crippen molar-refractivity contribution >= 4 is 34.8 Å². The summed E-state index contributed by atoms with van der Waals surface area (Å²) in [5.41, 5.74) is 2.12. The Hall–Kier alpha value is -1.82. The molecule has 2 saturated heterocycles. The number of fused-ring (bicyclic) bond motifs is 1. The van der Waals surface area contributed by atoms with E-state index in [2.05, 4.69) is 43.1 Å². The van der Waals surface area contributed by atoms with Crippen LogP contribution in [0.1, 0.15) is 44.9 Å². The highest BCUT2D eigenvalue weighted by atomic mass is 32.2. The van der Waals surface area contributed by atoms with Gasteiger partial charge >= 0.3 is 0 Å². The Morgan fingerprint density at radius 1 is 1.19 bits per heavy atom. The summed E-state index contributed by atoms with van der Waals surface area (Å²) in [7, 11) is 0. The first-order valence-electron chi connectivity index (χ1n) is 10.8. The fourth-order valence-electron chi connectivity index (χ4n) is 4.29. The molecule has 1 aliphatic carbocycles. The number of ether oxygens (including phenoxy) is 1.